The first-order chi connectivity index (χ1) is 24.8. The predicted molar refractivity (Wildman–Crippen MR) is 200 cm³/mol. The van der Waals surface area contributed by atoms with Crippen molar-refractivity contribution < 1.29 is 28.7 Å². The molecule has 12 heteroatoms. The molecule has 2 aliphatic heterocycles. The van der Waals surface area contributed by atoms with E-state index in [2.05, 4.69) is 26.6 Å². The lowest BCUT2D eigenvalue weighted by Crippen LogP contribution is -2.41. The summed E-state index contributed by atoms with van der Waals surface area (Å²) in [7, 11) is 5.28. The standard InChI is InChI=1S/C40H46N6O6/c1-40(2,3)24-41-38(49)32-17-25(22-44(32)4)18-33(47)29-12-9-14-36(42-29)43-37(48)15-10-16-52-35-21-31-28(20-34(35)51-6)39(50)46-27(23-45(31)5)19-26-11-7-8-13-30(26)46/h7-9,11-14,17,20-22,27H,10,15-16,18-19,23-24H2,1-6H3,(H,41,49)(H,42,43,48)/t27-/m0/s1. The topological polar surface area (TPSA) is 135 Å². The Hall–Kier alpha value is -5.65. The molecule has 0 radical (unpaired) electrons. The van der Waals surface area contributed by atoms with Crippen molar-refractivity contribution in [2.24, 2.45) is 12.5 Å². The Balaban J connectivity index is 1.02. The van der Waals surface area contributed by atoms with E-state index >= 15 is 0 Å². The van der Waals surface area contributed by atoms with Crippen LogP contribution in [0.2, 0.25) is 0 Å². The number of ketones is 1. The maximum absolute atomic E-state index is 13.8. The van der Waals surface area contributed by atoms with Crippen LogP contribution in [0.4, 0.5) is 17.2 Å². The summed E-state index contributed by atoms with van der Waals surface area (Å²) in [6.45, 7) is 7.57. The maximum Gasteiger partial charge on any atom is 0.267 e. The van der Waals surface area contributed by atoms with Crippen LogP contribution in [0.1, 0.15) is 76.1 Å². The minimum atomic E-state index is -0.269. The van der Waals surface area contributed by atoms with Crippen LogP contribution < -0.4 is 29.9 Å². The highest BCUT2D eigenvalue weighted by Crippen LogP contribution is 2.42. The number of para-hydroxylation sites is 1. The van der Waals surface area contributed by atoms with E-state index in [1.165, 1.54) is 12.7 Å². The Labute approximate surface area is 304 Å². The Kier molecular flexibility index (Phi) is 10.4. The van der Waals surface area contributed by atoms with Gasteiger partial charge in [0.15, 0.2) is 17.3 Å². The van der Waals surface area contributed by atoms with Gasteiger partial charge in [-0.05, 0) is 59.7 Å². The average molecular weight is 707 g/mol. The second kappa shape index (κ2) is 14.9. The van der Waals surface area contributed by atoms with Gasteiger partial charge in [0.25, 0.3) is 11.8 Å². The van der Waals surface area contributed by atoms with Gasteiger partial charge >= 0.3 is 0 Å². The van der Waals surface area contributed by atoms with Crippen molar-refractivity contribution in [3.05, 3.63) is 94.9 Å². The molecule has 0 aliphatic carbocycles. The van der Waals surface area contributed by atoms with E-state index in [-0.39, 0.29) is 65.9 Å². The Morgan fingerprint density at radius 3 is 2.54 bits per heavy atom. The minimum Gasteiger partial charge on any atom is -0.493 e. The number of carbonyl (C=O) groups excluding carboxylic acids is 4. The molecule has 2 aromatic heterocycles. The molecule has 2 aromatic carbocycles. The van der Waals surface area contributed by atoms with E-state index in [1.807, 2.05) is 57.0 Å². The molecule has 0 spiro atoms. The second-order valence-electron chi connectivity index (χ2n) is 14.7. The molecule has 0 saturated carbocycles. The first kappa shape index (κ1) is 36.2. The van der Waals surface area contributed by atoms with E-state index in [9.17, 15) is 19.2 Å². The molecule has 1 atom stereocenters. The van der Waals surface area contributed by atoms with Crippen LogP contribution in [0, 0.1) is 5.41 Å². The summed E-state index contributed by atoms with van der Waals surface area (Å²) >= 11 is 0. The van der Waals surface area contributed by atoms with Gasteiger partial charge in [-0.2, -0.15) is 0 Å². The van der Waals surface area contributed by atoms with Gasteiger partial charge in [-0.15, -0.1) is 0 Å². The number of benzene rings is 2. The number of nitrogens with zero attached hydrogens (tertiary/aromatic N) is 4. The fourth-order valence-corrected chi connectivity index (χ4v) is 6.68. The van der Waals surface area contributed by atoms with Crippen molar-refractivity contribution in [1.82, 2.24) is 14.9 Å². The first-order valence-electron chi connectivity index (χ1n) is 17.5. The fourth-order valence-electron chi connectivity index (χ4n) is 6.68. The summed E-state index contributed by atoms with van der Waals surface area (Å²) in [5, 5.41) is 5.71. The van der Waals surface area contributed by atoms with Crippen LogP contribution >= 0.6 is 0 Å². The smallest absolute Gasteiger partial charge is 0.267 e. The van der Waals surface area contributed by atoms with E-state index in [0.717, 1.165) is 17.8 Å². The van der Waals surface area contributed by atoms with Gasteiger partial charge in [0.2, 0.25) is 5.91 Å². The number of Topliss-reactive ketones (excluding diaryl/α,β-unsaturated/α-hetero) is 1. The molecule has 4 aromatic rings. The summed E-state index contributed by atoms with van der Waals surface area (Å²) < 4.78 is 13.4. The number of methoxy groups -OCH3 is 1. The molecule has 6 rings (SSSR count). The van der Waals surface area contributed by atoms with Gasteiger partial charge in [-0.25, -0.2) is 4.98 Å². The van der Waals surface area contributed by atoms with Crippen molar-refractivity contribution in [2.45, 2.75) is 52.5 Å². The summed E-state index contributed by atoms with van der Waals surface area (Å²) in [6.07, 6.45) is 3.19. The van der Waals surface area contributed by atoms with Crippen LogP contribution in [-0.4, -0.2) is 73.0 Å². The number of hydrogen-bond acceptors (Lipinski definition) is 8. The zero-order chi connectivity index (χ0) is 37.2. The number of rotatable bonds is 12. The number of likely N-dealkylation sites (N-methyl/N-ethyl adjacent to an activating group) is 1. The quantitative estimate of drug-likeness (QED) is 0.147. The Morgan fingerprint density at radius 1 is 0.981 bits per heavy atom. The molecule has 272 valence electrons. The van der Waals surface area contributed by atoms with E-state index in [1.54, 1.807) is 48.1 Å². The number of anilines is 3. The van der Waals surface area contributed by atoms with Gasteiger partial charge in [-0.1, -0.05) is 45.0 Å². The summed E-state index contributed by atoms with van der Waals surface area (Å²) in [5.41, 5.74) is 4.76. The Morgan fingerprint density at radius 2 is 1.77 bits per heavy atom. The number of amides is 3. The van der Waals surface area contributed by atoms with Gasteiger partial charge in [0.1, 0.15) is 17.2 Å². The number of carbonyl (C=O) groups is 4. The SMILES string of the molecule is COc1cc2c(cc1OCCCC(=O)Nc1cccc(C(=O)Cc3cc(C(=O)NCC(C)(C)C)n(C)c3)n1)N(C)C[C@@H]1Cc3ccccc3N1C2=O. The monoisotopic (exact) mass is 706 g/mol. The van der Waals surface area contributed by atoms with Crippen LogP contribution in [0.25, 0.3) is 0 Å². The molecule has 0 bridgehead atoms. The highest BCUT2D eigenvalue weighted by Gasteiger charge is 2.39. The molecule has 2 aliphatic rings. The van der Waals surface area contributed by atoms with E-state index in [0.29, 0.717) is 47.8 Å². The summed E-state index contributed by atoms with van der Waals surface area (Å²) in [4.78, 5) is 60.8. The predicted octanol–water partition coefficient (Wildman–Crippen LogP) is 5.45. The molecule has 52 heavy (non-hydrogen) atoms. The number of nitrogens with one attached hydrogen (secondary N) is 2. The van der Waals surface area contributed by atoms with Crippen molar-refractivity contribution >= 4 is 40.7 Å². The zero-order valence-electron chi connectivity index (χ0n) is 30.6. The highest BCUT2D eigenvalue weighted by atomic mass is 16.5. The second-order valence-corrected chi connectivity index (χ2v) is 14.7. The maximum atomic E-state index is 13.8. The summed E-state index contributed by atoms with van der Waals surface area (Å²) in [5.74, 6) is 0.442. The highest BCUT2D eigenvalue weighted by molar-refractivity contribution is 6.12. The first-order valence-corrected chi connectivity index (χ1v) is 17.5. The van der Waals surface area contributed by atoms with Crippen LogP contribution in [0.3, 0.4) is 0 Å². The molecule has 0 fully saturated rings. The van der Waals surface area contributed by atoms with Crippen molar-refractivity contribution in [3.8, 4) is 11.5 Å². The van der Waals surface area contributed by atoms with Gasteiger partial charge in [0, 0.05) is 58.0 Å². The van der Waals surface area contributed by atoms with Gasteiger partial charge in [0.05, 0.1) is 31.0 Å². The normalized spacial score (nSPS) is 15.0. The van der Waals surface area contributed by atoms with Crippen molar-refractivity contribution in [1.29, 1.82) is 0 Å². The van der Waals surface area contributed by atoms with Gasteiger partial charge in [-0.3, -0.25) is 19.2 Å². The number of fused-ring (bicyclic) bond motifs is 4. The average Bonchev–Trinajstić information content (AvgIpc) is 3.64. The molecule has 0 saturated heterocycles. The molecule has 4 heterocycles. The number of ether oxygens (including phenoxy) is 2. The lowest BCUT2D eigenvalue weighted by atomic mass is 9.97. The fraction of sp³-hybridized carbons (Fsp3) is 0.375. The number of hydrogen-bond donors (Lipinski definition) is 2. The number of aryl methyl sites for hydroxylation is 1. The van der Waals surface area contributed by atoms with Crippen molar-refractivity contribution in [3.63, 3.8) is 0 Å². The third-order valence-corrected chi connectivity index (χ3v) is 9.25. The van der Waals surface area contributed by atoms with Crippen LogP contribution in [0.5, 0.6) is 11.5 Å². The zero-order valence-corrected chi connectivity index (χ0v) is 30.6. The third kappa shape index (κ3) is 7.96. The Bertz CT molecular complexity index is 2010. The molecule has 0 unspecified atom stereocenters. The van der Waals surface area contributed by atoms with Crippen LogP contribution in [-0.2, 0) is 24.7 Å². The third-order valence-electron chi connectivity index (χ3n) is 9.25. The van der Waals surface area contributed by atoms with Gasteiger partial charge < -0.3 is 34.5 Å². The minimum absolute atomic E-state index is 0.0273. The van der Waals surface area contributed by atoms with E-state index in [4.69, 9.17) is 9.47 Å². The summed E-state index contributed by atoms with van der Waals surface area (Å²) in [6, 6.07) is 18.3. The molecule has 2 N–H and O–H groups in total. The number of aromatic nitrogens is 2. The van der Waals surface area contributed by atoms with E-state index < -0.39 is 0 Å². The molecule has 12 nitrogen and oxygen atoms in total. The lowest BCUT2D eigenvalue weighted by molar-refractivity contribution is -0.116. The van der Waals surface area contributed by atoms with Crippen LogP contribution in [0.15, 0.2) is 66.9 Å². The van der Waals surface area contributed by atoms with Crippen molar-refractivity contribution in [2.75, 3.05) is 49.0 Å². The molecular formula is C40H46N6O6. The number of pyridine rings is 1. The molecule has 3 amide bonds. The largest absolute Gasteiger partial charge is 0.493 e. The molecular weight excluding hydrogens is 660 g/mol. The lowest BCUT2D eigenvalue weighted by Gasteiger charge is -2.25.